The summed E-state index contributed by atoms with van der Waals surface area (Å²) >= 11 is 0. The Morgan fingerprint density at radius 1 is 1.56 bits per heavy atom. The van der Waals surface area contributed by atoms with Gasteiger partial charge in [0, 0.05) is 5.56 Å². The van der Waals surface area contributed by atoms with Crippen molar-refractivity contribution in [3.05, 3.63) is 29.3 Å². The van der Waals surface area contributed by atoms with Crippen molar-refractivity contribution in [3.8, 4) is 0 Å². The zero-order valence-corrected chi connectivity index (χ0v) is 8.67. The van der Waals surface area contributed by atoms with Gasteiger partial charge in [-0.3, -0.25) is 5.84 Å². The van der Waals surface area contributed by atoms with Crippen molar-refractivity contribution < 1.29 is 18.3 Å². The summed E-state index contributed by atoms with van der Waals surface area (Å²) in [5.74, 6) is 4.53. The highest BCUT2D eigenvalue weighted by molar-refractivity contribution is 5.90. The van der Waals surface area contributed by atoms with Crippen molar-refractivity contribution in [1.82, 2.24) is 0 Å². The molecule has 3 N–H and O–H groups in total. The van der Waals surface area contributed by atoms with Gasteiger partial charge in [-0.2, -0.15) is 0 Å². The molecule has 0 heterocycles. The molecule has 1 aromatic carbocycles. The molecule has 0 fully saturated rings. The van der Waals surface area contributed by atoms with E-state index in [-0.39, 0.29) is 23.4 Å². The average molecular weight is 230 g/mol. The molecule has 0 aliphatic rings. The van der Waals surface area contributed by atoms with Crippen LogP contribution in [0.2, 0.25) is 0 Å². The van der Waals surface area contributed by atoms with E-state index in [9.17, 15) is 13.6 Å². The third-order valence-electron chi connectivity index (χ3n) is 1.96. The van der Waals surface area contributed by atoms with Crippen LogP contribution >= 0.6 is 0 Å². The van der Waals surface area contributed by atoms with Gasteiger partial charge < -0.3 is 10.2 Å². The van der Waals surface area contributed by atoms with E-state index in [0.717, 1.165) is 6.07 Å². The van der Waals surface area contributed by atoms with Crippen LogP contribution in [0.25, 0.3) is 0 Å². The Morgan fingerprint density at radius 2 is 2.25 bits per heavy atom. The van der Waals surface area contributed by atoms with Crippen molar-refractivity contribution in [3.63, 3.8) is 0 Å². The molecule has 1 aromatic rings. The second-order valence-corrected chi connectivity index (χ2v) is 2.97. The molecule has 6 heteroatoms. The highest BCUT2D eigenvalue weighted by Gasteiger charge is 2.15. The number of benzene rings is 1. The number of hydrazine groups is 1. The van der Waals surface area contributed by atoms with Gasteiger partial charge in [-0.15, -0.1) is 0 Å². The van der Waals surface area contributed by atoms with E-state index in [1.807, 2.05) is 0 Å². The number of hydrogen-bond donors (Lipinski definition) is 2. The minimum absolute atomic E-state index is 0.0144. The Hall–Kier alpha value is -1.69. The molecule has 0 amide bonds. The number of nitrogens with one attached hydrogen (secondary N) is 1. The standard InChI is InChI=1S/C10H12F2N2O2/c1-2-16-10(15)6-3-4-7(9(11)12)8(5-6)14-13/h3-5,9,14H,2,13H2,1H3. The fraction of sp³-hybridized carbons (Fsp3) is 0.300. The number of alkyl halides is 2. The largest absolute Gasteiger partial charge is 0.462 e. The van der Waals surface area contributed by atoms with Gasteiger partial charge in [-0.25, -0.2) is 13.6 Å². The van der Waals surface area contributed by atoms with Crippen LogP contribution in [0.5, 0.6) is 0 Å². The quantitative estimate of drug-likeness (QED) is 0.472. The monoisotopic (exact) mass is 230 g/mol. The smallest absolute Gasteiger partial charge is 0.338 e. The molecule has 0 spiro atoms. The summed E-state index contributed by atoms with van der Waals surface area (Å²) in [4.78, 5) is 11.3. The van der Waals surface area contributed by atoms with Gasteiger partial charge in [0.1, 0.15) is 0 Å². The van der Waals surface area contributed by atoms with Gasteiger partial charge >= 0.3 is 5.97 Å². The van der Waals surface area contributed by atoms with Gasteiger partial charge in [0.05, 0.1) is 17.9 Å². The van der Waals surface area contributed by atoms with E-state index in [1.54, 1.807) is 6.92 Å². The zero-order chi connectivity index (χ0) is 12.1. The van der Waals surface area contributed by atoms with Gasteiger partial charge in [0.2, 0.25) is 0 Å². The number of rotatable bonds is 4. The summed E-state index contributed by atoms with van der Waals surface area (Å²) in [5.41, 5.74) is 2.07. The Bertz CT molecular complexity index is 383. The first-order valence-electron chi connectivity index (χ1n) is 4.66. The van der Waals surface area contributed by atoms with E-state index in [0.29, 0.717) is 0 Å². The number of nitrogens with two attached hydrogens (primary N) is 1. The van der Waals surface area contributed by atoms with Crippen LogP contribution in [-0.2, 0) is 4.74 Å². The third-order valence-corrected chi connectivity index (χ3v) is 1.96. The molecule has 0 saturated carbocycles. The van der Waals surface area contributed by atoms with Crippen molar-refractivity contribution in [2.45, 2.75) is 13.3 Å². The summed E-state index contributed by atoms with van der Waals surface area (Å²) in [7, 11) is 0. The van der Waals surface area contributed by atoms with Gasteiger partial charge in [-0.1, -0.05) is 6.07 Å². The normalized spacial score (nSPS) is 10.3. The molecule has 0 saturated heterocycles. The number of carbonyl (C=O) groups is 1. The Balaban J connectivity index is 3.04. The summed E-state index contributed by atoms with van der Waals surface area (Å²) in [6, 6.07) is 3.66. The van der Waals surface area contributed by atoms with Crippen LogP contribution in [0.1, 0.15) is 29.3 Å². The van der Waals surface area contributed by atoms with Crippen LogP contribution in [0.4, 0.5) is 14.5 Å². The lowest BCUT2D eigenvalue weighted by Gasteiger charge is -2.09. The summed E-state index contributed by atoms with van der Waals surface area (Å²) in [5, 5.41) is 0. The number of esters is 1. The maximum absolute atomic E-state index is 12.5. The highest BCUT2D eigenvalue weighted by atomic mass is 19.3. The average Bonchev–Trinajstić information content (AvgIpc) is 2.28. The first-order valence-corrected chi connectivity index (χ1v) is 4.66. The van der Waals surface area contributed by atoms with E-state index in [2.05, 4.69) is 5.43 Å². The van der Waals surface area contributed by atoms with Crippen molar-refractivity contribution >= 4 is 11.7 Å². The lowest BCUT2D eigenvalue weighted by Crippen LogP contribution is -2.12. The molecule has 0 aliphatic heterocycles. The van der Waals surface area contributed by atoms with Crippen molar-refractivity contribution in [2.24, 2.45) is 5.84 Å². The fourth-order valence-corrected chi connectivity index (χ4v) is 1.21. The second kappa shape index (κ2) is 5.41. The minimum Gasteiger partial charge on any atom is -0.462 e. The fourth-order valence-electron chi connectivity index (χ4n) is 1.21. The minimum atomic E-state index is -2.65. The molecule has 88 valence electrons. The van der Waals surface area contributed by atoms with Crippen LogP contribution in [-0.4, -0.2) is 12.6 Å². The molecule has 0 unspecified atom stereocenters. The molecular weight excluding hydrogens is 218 g/mol. The predicted molar refractivity (Wildman–Crippen MR) is 55.2 cm³/mol. The molecule has 1 rings (SSSR count). The lowest BCUT2D eigenvalue weighted by atomic mass is 10.1. The zero-order valence-electron chi connectivity index (χ0n) is 8.67. The van der Waals surface area contributed by atoms with E-state index in [1.165, 1.54) is 12.1 Å². The van der Waals surface area contributed by atoms with Gasteiger partial charge in [0.25, 0.3) is 6.43 Å². The molecular formula is C10H12F2N2O2. The summed E-state index contributed by atoms with van der Waals surface area (Å²) < 4.78 is 29.7. The van der Waals surface area contributed by atoms with Gasteiger partial charge in [-0.05, 0) is 19.1 Å². The molecule has 0 aromatic heterocycles. The first-order chi connectivity index (χ1) is 7.60. The predicted octanol–water partition coefficient (Wildman–Crippen LogP) is 2.09. The maximum atomic E-state index is 12.5. The Kier molecular flexibility index (Phi) is 4.19. The maximum Gasteiger partial charge on any atom is 0.338 e. The summed E-state index contributed by atoms with van der Waals surface area (Å²) in [6.45, 7) is 1.88. The van der Waals surface area contributed by atoms with Crippen molar-refractivity contribution in [1.29, 1.82) is 0 Å². The van der Waals surface area contributed by atoms with E-state index >= 15 is 0 Å². The number of halogens is 2. The molecule has 16 heavy (non-hydrogen) atoms. The third kappa shape index (κ3) is 2.66. The number of nitrogen functional groups attached to an aromatic ring is 1. The summed E-state index contributed by atoms with van der Waals surface area (Å²) in [6.07, 6.45) is -2.65. The number of carbonyl (C=O) groups excluding carboxylic acids is 1. The molecule has 0 aliphatic carbocycles. The van der Waals surface area contributed by atoms with E-state index in [4.69, 9.17) is 10.6 Å². The SMILES string of the molecule is CCOC(=O)c1ccc(C(F)F)c(NN)c1. The number of ether oxygens (including phenoxy) is 1. The second-order valence-electron chi connectivity index (χ2n) is 2.97. The van der Waals surface area contributed by atoms with Crippen LogP contribution < -0.4 is 11.3 Å². The molecule has 0 atom stereocenters. The number of hydrogen-bond acceptors (Lipinski definition) is 4. The van der Waals surface area contributed by atoms with Crippen LogP contribution in [0, 0.1) is 0 Å². The van der Waals surface area contributed by atoms with Crippen LogP contribution in [0.15, 0.2) is 18.2 Å². The Morgan fingerprint density at radius 3 is 2.75 bits per heavy atom. The van der Waals surface area contributed by atoms with Gasteiger partial charge in [0.15, 0.2) is 0 Å². The number of anilines is 1. The highest BCUT2D eigenvalue weighted by Crippen LogP contribution is 2.27. The van der Waals surface area contributed by atoms with Crippen LogP contribution in [0.3, 0.4) is 0 Å². The van der Waals surface area contributed by atoms with Crippen molar-refractivity contribution in [2.75, 3.05) is 12.0 Å². The molecule has 4 nitrogen and oxygen atoms in total. The Labute approximate surface area is 91.4 Å². The first kappa shape index (κ1) is 12.4. The van der Waals surface area contributed by atoms with E-state index < -0.39 is 12.4 Å². The molecule has 0 radical (unpaired) electrons. The topological polar surface area (TPSA) is 64.3 Å². The molecule has 0 bridgehead atoms. The lowest BCUT2D eigenvalue weighted by molar-refractivity contribution is 0.0526.